The van der Waals surface area contributed by atoms with Crippen molar-refractivity contribution in [3.8, 4) is 28.7 Å². The van der Waals surface area contributed by atoms with E-state index in [-0.39, 0.29) is 82.2 Å². The van der Waals surface area contributed by atoms with Gasteiger partial charge in [-0.15, -0.1) is 0 Å². The highest BCUT2D eigenvalue weighted by atomic mass is 16.7. The van der Waals surface area contributed by atoms with Crippen LogP contribution >= 0.6 is 0 Å². The number of esters is 2. The van der Waals surface area contributed by atoms with E-state index in [1.807, 2.05) is 85.8 Å². The van der Waals surface area contributed by atoms with Crippen LogP contribution in [0.3, 0.4) is 0 Å². The predicted octanol–water partition coefficient (Wildman–Crippen LogP) is 12.1. The number of carbonyl (C=O) groups excluding carboxylic acids is 3. The number of ketones is 1. The van der Waals surface area contributed by atoms with E-state index in [9.17, 15) is 19.5 Å². The van der Waals surface area contributed by atoms with Crippen LogP contribution in [0.1, 0.15) is 125 Å². The molecule has 7 unspecified atom stereocenters. The van der Waals surface area contributed by atoms with Gasteiger partial charge in [0.2, 0.25) is 6.79 Å². The lowest BCUT2D eigenvalue weighted by Gasteiger charge is -2.38. The number of phenols is 1. The van der Waals surface area contributed by atoms with E-state index in [1.54, 1.807) is 18.2 Å². The van der Waals surface area contributed by atoms with Crippen molar-refractivity contribution in [3.63, 3.8) is 0 Å². The monoisotopic (exact) mass is 896 g/mol. The number of hydrogen-bond donors (Lipinski definition) is 1. The average Bonchev–Trinajstić information content (AvgIpc) is 4.01. The lowest BCUT2D eigenvalue weighted by atomic mass is 9.70. The number of fused-ring (bicyclic) bond motifs is 6. The van der Waals surface area contributed by atoms with E-state index >= 15 is 0 Å². The Hall–Kier alpha value is -6.03. The second-order valence-electron chi connectivity index (χ2n) is 20.4. The minimum absolute atomic E-state index is 0.0279. The van der Waals surface area contributed by atoms with Gasteiger partial charge in [-0.05, 0) is 109 Å². The molecule has 4 aliphatic carbocycles. The summed E-state index contributed by atoms with van der Waals surface area (Å²) in [6, 6.07) is 26.4. The molecular weight excluding hydrogens is 833 g/mol. The van der Waals surface area contributed by atoms with Gasteiger partial charge in [-0.2, -0.15) is 0 Å². The first-order chi connectivity index (χ1) is 31.4. The number of methoxy groups -OCH3 is 1. The van der Waals surface area contributed by atoms with Crippen molar-refractivity contribution in [2.24, 2.45) is 33.5 Å². The van der Waals surface area contributed by atoms with Crippen LogP contribution in [0.25, 0.3) is 12.2 Å². The van der Waals surface area contributed by atoms with Crippen LogP contribution in [0, 0.1) is 40.4 Å². The molecule has 0 spiro atoms. The normalized spacial score (nSPS) is 27.9. The van der Waals surface area contributed by atoms with Crippen molar-refractivity contribution < 1.29 is 47.9 Å². The number of aromatic hydroxyl groups is 1. The van der Waals surface area contributed by atoms with E-state index in [4.69, 9.17) is 28.4 Å². The first-order valence-corrected chi connectivity index (χ1v) is 23.3. The maximum atomic E-state index is 12.3. The molecule has 2 heterocycles. The van der Waals surface area contributed by atoms with E-state index in [0.717, 1.165) is 47.3 Å². The zero-order valence-corrected chi connectivity index (χ0v) is 39.6. The summed E-state index contributed by atoms with van der Waals surface area (Å²) in [4.78, 5) is 36.6. The molecule has 10 heteroatoms. The summed E-state index contributed by atoms with van der Waals surface area (Å²) in [6.07, 6.45) is 13.5. The maximum absolute atomic E-state index is 12.3. The molecule has 10 nitrogen and oxygen atoms in total. The molecule has 4 aromatic rings. The largest absolute Gasteiger partial charge is 0.507 e. The summed E-state index contributed by atoms with van der Waals surface area (Å²) in [6.45, 7) is 16.1. The Morgan fingerprint density at radius 2 is 1.27 bits per heavy atom. The molecule has 0 amide bonds. The van der Waals surface area contributed by atoms with E-state index < -0.39 is 0 Å². The number of Topliss-reactive ketones (excluding diaryl/α,β-unsaturated/α-hetero) is 1. The molecule has 4 fully saturated rings. The standard InChI is InChI=1S/C20H24O4.C19H24O2.C17H16O4/c1-19(2)14-8-9-20(19,3)17(11-14)24-18(21)7-5-13-4-6-15-16(10-13)23-12-22-15;1-18(2)15-11-12-19(18,3)16(13-15)21-17(20)10-9-14-7-5-4-6-8-14;1-10-3-5-11(6-4-10)15-9-14(19)17-13(18)7-12(20-2)8-16(17)21-15/h4-7,10,14,17H,8-9,11-12H2,1-3H3;4-10,15-16H,11-13H2,1-3H3;3-8,15,18H,9H2,1-2H3/b7-5+;10-9+;. The molecule has 66 heavy (non-hydrogen) atoms. The first kappa shape index (κ1) is 46.5. The van der Waals surface area contributed by atoms with Crippen molar-refractivity contribution in [1.29, 1.82) is 0 Å². The van der Waals surface area contributed by atoms with Crippen molar-refractivity contribution in [1.82, 2.24) is 0 Å². The summed E-state index contributed by atoms with van der Waals surface area (Å²) >= 11 is 0. The molecule has 1 N–H and O–H groups in total. The molecule has 2 aliphatic heterocycles. The lowest BCUT2D eigenvalue weighted by molar-refractivity contribution is -0.151. The highest BCUT2D eigenvalue weighted by Crippen LogP contribution is 2.67. The van der Waals surface area contributed by atoms with Crippen LogP contribution in [-0.4, -0.2) is 48.9 Å². The summed E-state index contributed by atoms with van der Waals surface area (Å²) in [5, 5.41) is 9.95. The van der Waals surface area contributed by atoms with E-state index in [1.165, 1.54) is 38.5 Å². The van der Waals surface area contributed by atoms with Crippen LogP contribution in [-0.2, 0) is 19.1 Å². The number of benzene rings is 4. The van der Waals surface area contributed by atoms with Crippen LogP contribution in [0.4, 0.5) is 0 Å². The molecular formula is C56H64O10. The molecule has 4 saturated carbocycles. The van der Waals surface area contributed by atoms with Gasteiger partial charge in [0.25, 0.3) is 0 Å². The predicted molar refractivity (Wildman–Crippen MR) is 253 cm³/mol. The van der Waals surface area contributed by atoms with Gasteiger partial charge in [0.05, 0.1) is 13.5 Å². The lowest BCUT2D eigenvalue weighted by Crippen LogP contribution is -2.38. The second-order valence-corrected chi connectivity index (χ2v) is 20.4. The first-order valence-electron chi connectivity index (χ1n) is 23.3. The molecule has 0 aromatic heterocycles. The topological polar surface area (TPSA) is 127 Å². The average molecular weight is 897 g/mol. The van der Waals surface area contributed by atoms with Gasteiger partial charge in [0, 0.05) is 35.1 Å². The van der Waals surface area contributed by atoms with E-state index in [0.29, 0.717) is 29.1 Å². The van der Waals surface area contributed by atoms with Gasteiger partial charge in [0.15, 0.2) is 17.3 Å². The number of aryl methyl sites for hydroxylation is 1. The zero-order valence-electron chi connectivity index (χ0n) is 39.6. The fourth-order valence-corrected chi connectivity index (χ4v) is 11.4. The van der Waals surface area contributed by atoms with Crippen LogP contribution < -0.4 is 18.9 Å². The fraction of sp³-hybridized carbons (Fsp3) is 0.446. The zero-order chi connectivity index (χ0) is 47.0. The second kappa shape index (κ2) is 18.3. The molecule has 0 radical (unpaired) electrons. The van der Waals surface area contributed by atoms with E-state index in [2.05, 4.69) is 41.5 Å². The number of carbonyl (C=O) groups is 3. The Labute approximate surface area is 389 Å². The third-order valence-corrected chi connectivity index (χ3v) is 16.6. The number of hydrogen-bond acceptors (Lipinski definition) is 10. The molecule has 4 aromatic carbocycles. The molecule has 0 saturated heterocycles. The van der Waals surface area contributed by atoms with Gasteiger partial charge in [-0.3, -0.25) is 4.79 Å². The third-order valence-electron chi connectivity index (χ3n) is 16.6. The number of ether oxygens (including phenoxy) is 6. The Balaban J connectivity index is 0.000000135. The van der Waals surface area contributed by atoms with Crippen molar-refractivity contribution in [3.05, 3.63) is 125 Å². The highest BCUT2D eigenvalue weighted by Gasteiger charge is 2.64. The van der Waals surface area contributed by atoms with Gasteiger partial charge in [-0.1, -0.05) is 108 Å². The SMILES string of the molecule is CC1(C)C2CCC1(C)C(OC(=O)/C=C/c1ccc3c(c1)OCO3)C2.CC1(C)C2CCC1(C)C(OC(=O)/C=C/c1ccccc1)C2.COc1cc(O)c2c(c1)OC(c1ccc(C)cc1)CC2=O. The van der Waals surface area contributed by atoms with Crippen molar-refractivity contribution in [2.45, 2.75) is 112 Å². The van der Waals surface area contributed by atoms with Crippen LogP contribution in [0.2, 0.25) is 0 Å². The van der Waals surface area contributed by atoms with Crippen LogP contribution in [0.15, 0.2) is 97.1 Å². The molecule has 7 atom stereocenters. The molecule has 6 aliphatic rings. The quantitative estimate of drug-likeness (QED) is 0.135. The smallest absolute Gasteiger partial charge is 0.331 e. The summed E-state index contributed by atoms with van der Waals surface area (Å²) < 4.78 is 33.2. The minimum Gasteiger partial charge on any atom is -0.507 e. The fourth-order valence-electron chi connectivity index (χ4n) is 11.4. The van der Waals surface area contributed by atoms with Gasteiger partial charge >= 0.3 is 11.9 Å². The molecule has 348 valence electrons. The summed E-state index contributed by atoms with van der Waals surface area (Å²) in [5.74, 6) is 2.95. The Morgan fingerprint density at radius 1 is 0.697 bits per heavy atom. The van der Waals surface area contributed by atoms with Gasteiger partial charge < -0.3 is 33.5 Å². The molecule has 4 bridgehead atoms. The van der Waals surface area contributed by atoms with Crippen LogP contribution in [0.5, 0.6) is 28.7 Å². The summed E-state index contributed by atoms with van der Waals surface area (Å²) in [5.41, 5.74) is 5.01. The van der Waals surface area contributed by atoms with Crippen molar-refractivity contribution in [2.75, 3.05) is 13.9 Å². The number of rotatable bonds is 8. The molecule has 10 rings (SSSR count). The Bertz CT molecular complexity index is 2500. The Kier molecular flexibility index (Phi) is 12.9. The van der Waals surface area contributed by atoms with Gasteiger partial charge in [0.1, 0.15) is 41.1 Å². The summed E-state index contributed by atoms with van der Waals surface area (Å²) in [7, 11) is 1.50. The van der Waals surface area contributed by atoms with Gasteiger partial charge in [-0.25, -0.2) is 9.59 Å². The maximum Gasteiger partial charge on any atom is 0.331 e. The minimum atomic E-state index is -0.336. The Morgan fingerprint density at radius 3 is 1.82 bits per heavy atom. The number of phenolic OH excluding ortho intramolecular Hbond substituents is 1. The highest BCUT2D eigenvalue weighted by molar-refractivity contribution is 6.02. The third kappa shape index (κ3) is 8.95. The van der Waals surface area contributed by atoms with Crippen molar-refractivity contribution >= 4 is 29.9 Å².